The molecule has 0 bridgehead atoms. The zero-order valence-electron chi connectivity index (χ0n) is 11.5. The van der Waals surface area contributed by atoms with E-state index in [1.54, 1.807) is 18.2 Å². The van der Waals surface area contributed by atoms with E-state index in [-0.39, 0.29) is 11.3 Å². The fourth-order valence-corrected chi connectivity index (χ4v) is 2.40. The molecule has 22 heavy (non-hydrogen) atoms. The highest BCUT2D eigenvalue weighted by molar-refractivity contribution is 6.30. The van der Waals surface area contributed by atoms with Crippen LogP contribution in [0.25, 0.3) is 11.1 Å². The Labute approximate surface area is 131 Å². The third kappa shape index (κ3) is 2.49. The van der Waals surface area contributed by atoms with Gasteiger partial charge in [-0.15, -0.1) is 0 Å². The fraction of sp³-hybridized carbons (Fsp3) is 0.0588. The maximum absolute atomic E-state index is 11.7. The summed E-state index contributed by atoms with van der Waals surface area (Å²) < 4.78 is 5.76. The van der Waals surface area contributed by atoms with Crippen molar-refractivity contribution in [3.8, 4) is 16.9 Å². The Kier molecular flexibility index (Phi) is 3.69. The highest BCUT2D eigenvalue weighted by atomic mass is 35.5. The quantitative estimate of drug-likeness (QED) is 0.752. The minimum Gasteiger partial charge on any atom is -0.488 e. The van der Waals surface area contributed by atoms with E-state index in [1.807, 2.05) is 30.3 Å². The number of halogens is 1. The second-order valence-electron chi connectivity index (χ2n) is 4.86. The molecule has 4 nitrogen and oxygen atoms in total. The van der Waals surface area contributed by atoms with Crippen molar-refractivity contribution in [3.63, 3.8) is 0 Å². The number of ether oxygens (including phenoxy) is 1. The van der Waals surface area contributed by atoms with Crippen molar-refractivity contribution in [3.05, 3.63) is 79.6 Å². The van der Waals surface area contributed by atoms with Gasteiger partial charge in [0.15, 0.2) is 0 Å². The maximum Gasteiger partial charge on any atom is 0.249 e. The van der Waals surface area contributed by atoms with Gasteiger partial charge in [-0.1, -0.05) is 41.9 Å². The molecule has 0 spiro atoms. The van der Waals surface area contributed by atoms with E-state index in [0.29, 0.717) is 22.9 Å². The summed E-state index contributed by atoms with van der Waals surface area (Å²) in [6, 6.07) is 14.5. The molecule has 0 amide bonds. The minimum atomic E-state index is -0.654. The Bertz CT molecular complexity index is 896. The van der Waals surface area contributed by atoms with Crippen LogP contribution in [0, 0.1) is 0 Å². The lowest BCUT2D eigenvalue weighted by Gasteiger charge is -2.14. The summed E-state index contributed by atoms with van der Waals surface area (Å²) in [6.07, 6.45) is 0. The predicted molar refractivity (Wildman–Crippen MR) is 87.0 cm³/mol. The van der Waals surface area contributed by atoms with Crippen molar-refractivity contribution in [2.45, 2.75) is 6.61 Å². The normalized spacial score (nSPS) is 10.8. The van der Waals surface area contributed by atoms with E-state index in [1.165, 1.54) is 0 Å². The van der Waals surface area contributed by atoms with Crippen molar-refractivity contribution in [1.82, 2.24) is 0 Å². The van der Waals surface area contributed by atoms with Crippen molar-refractivity contribution in [2.24, 2.45) is 0 Å². The summed E-state index contributed by atoms with van der Waals surface area (Å²) >= 11 is 5.99. The number of nitrogen functional groups attached to an aromatic ring is 1. The Morgan fingerprint density at radius 1 is 1.00 bits per heavy atom. The SMILES string of the molecule is Nc1c(-c2ccc(Cl)cc2OCc2ccccc2)c(=O)c1=O. The van der Waals surface area contributed by atoms with E-state index < -0.39 is 10.9 Å². The number of rotatable bonds is 4. The van der Waals surface area contributed by atoms with E-state index in [9.17, 15) is 9.59 Å². The molecule has 3 rings (SSSR count). The van der Waals surface area contributed by atoms with Gasteiger partial charge in [-0.05, 0) is 23.8 Å². The monoisotopic (exact) mass is 313 g/mol. The molecule has 0 unspecified atom stereocenters. The van der Waals surface area contributed by atoms with Gasteiger partial charge in [0.25, 0.3) is 0 Å². The van der Waals surface area contributed by atoms with Gasteiger partial charge in [0, 0.05) is 10.6 Å². The first-order valence-electron chi connectivity index (χ1n) is 6.63. The molecule has 110 valence electrons. The summed E-state index contributed by atoms with van der Waals surface area (Å²) in [5.74, 6) is 0.426. The van der Waals surface area contributed by atoms with Crippen LogP contribution in [0.15, 0.2) is 58.1 Å². The van der Waals surface area contributed by atoms with Gasteiger partial charge in [-0.3, -0.25) is 9.59 Å². The van der Waals surface area contributed by atoms with Gasteiger partial charge in [0.05, 0.1) is 11.3 Å². The molecule has 0 heterocycles. The highest BCUT2D eigenvalue weighted by Crippen LogP contribution is 2.34. The number of hydrogen-bond donors (Lipinski definition) is 1. The Hall–Kier alpha value is -2.59. The van der Waals surface area contributed by atoms with Crippen LogP contribution < -0.4 is 21.3 Å². The molecule has 0 radical (unpaired) electrons. The Morgan fingerprint density at radius 2 is 1.73 bits per heavy atom. The third-order valence-electron chi connectivity index (χ3n) is 3.40. The van der Waals surface area contributed by atoms with Crippen LogP contribution in [0.2, 0.25) is 5.02 Å². The molecule has 3 aromatic carbocycles. The number of nitrogens with two attached hydrogens (primary N) is 1. The number of benzene rings is 2. The first-order chi connectivity index (χ1) is 10.6. The van der Waals surface area contributed by atoms with Crippen molar-refractivity contribution < 1.29 is 4.74 Å². The molecular formula is C17H12ClNO3. The average Bonchev–Trinajstić information content (AvgIpc) is 2.55. The zero-order valence-corrected chi connectivity index (χ0v) is 12.3. The smallest absolute Gasteiger partial charge is 0.249 e. The first-order valence-corrected chi connectivity index (χ1v) is 7.01. The second-order valence-corrected chi connectivity index (χ2v) is 5.30. The van der Waals surface area contributed by atoms with Gasteiger partial charge in [0.1, 0.15) is 12.4 Å². The molecule has 0 atom stereocenters. The lowest BCUT2D eigenvalue weighted by molar-refractivity contribution is 0.307. The van der Waals surface area contributed by atoms with Crippen LogP contribution in [0.4, 0.5) is 5.69 Å². The molecule has 3 aromatic rings. The summed E-state index contributed by atoms with van der Waals surface area (Å²) in [7, 11) is 0. The summed E-state index contributed by atoms with van der Waals surface area (Å²) in [4.78, 5) is 23.0. The van der Waals surface area contributed by atoms with Gasteiger partial charge in [-0.2, -0.15) is 0 Å². The molecule has 0 saturated heterocycles. The van der Waals surface area contributed by atoms with Crippen LogP contribution in [-0.2, 0) is 6.61 Å². The Balaban J connectivity index is 1.96. The number of hydrogen-bond acceptors (Lipinski definition) is 4. The topological polar surface area (TPSA) is 69.4 Å². The first kappa shape index (κ1) is 14.4. The average molecular weight is 314 g/mol. The molecule has 2 N–H and O–H groups in total. The lowest BCUT2D eigenvalue weighted by atomic mass is 9.98. The second kappa shape index (κ2) is 5.66. The van der Waals surface area contributed by atoms with Crippen LogP contribution in [0.3, 0.4) is 0 Å². The lowest BCUT2D eigenvalue weighted by Crippen LogP contribution is -2.35. The van der Waals surface area contributed by atoms with Gasteiger partial charge in [0.2, 0.25) is 10.9 Å². The van der Waals surface area contributed by atoms with E-state index >= 15 is 0 Å². The van der Waals surface area contributed by atoms with Gasteiger partial charge >= 0.3 is 0 Å². The maximum atomic E-state index is 11.7. The van der Waals surface area contributed by atoms with E-state index in [0.717, 1.165) is 5.56 Å². The van der Waals surface area contributed by atoms with Crippen LogP contribution >= 0.6 is 11.6 Å². The molecule has 5 heteroatoms. The van der Waals surface area contributed by atoms with Crippen LogP contribution in [0.5, 0.6) is 5.75 Å². The summed E-state index contributed by atoms with van der Waals surface area (Å²) in [5, 5.41) is 0.476. The molecule has 0 aromatic heterocycles. The van der Waals surface area contributed by atoms with Crippen molar-refractivity contribution in [2.75, 3.05) is 5.73 Å². The van der Waals surface area contributed by atoms with E-state index in [2.05, 4.69) is 0 Å². The molecule has 0 aliphatic heterocycles. The largest absolute Gasteiger partial charge is 0.488 e. The Morgan fingerprint density at radius 3 is 2.41 bits per heavy atom. The van der Waals surface area contributed by atoms with Crippen molar-refractivity contribution >= 4 is 17.3 Å². The standard InChI is InChI=1S/C17H12ClNO3/c18-11-6-7-12(14-15(19)17(21)16(14)20)13(8-11)22-9-10-4-2-1-3-5-10/h1-8H,9,19H2. The van der Waals surface area contributed by atoms with E-state index in [4.69, 9.17) is 22.1 Å². The molecule has 0 saturated carbocycles. The van der Waals surface area contributed by atoms with Crippen LogP contribution in [0.1, 0.15) is 5.56 Å². The van der Waals surface area contributed by atoms with Gasteiger partial charge in [-0.25, -0.2) is 0 Å². The predicted octanol–water partition coefficient (Wildman–Crippen LogP) is 2.76. The molecule has 0 aliphatic rings. The van der Waals surface area contributed by atoms with Crippen molar-refractivity contribution in [1.29, 1.82) is 0 Å². The molecular weight excluding hydrogens is 302 g/mol. The van der Waals surface area contributed by atoms with Gasteiger partial charge < -0.3 is 10.5 Å². The molecule has 0 aliphatic carbocycles. The summed E-state index contributed by atoms with van der Waals surface area (Å²) in [6.45, 7) is 0.323. The number of anilines is 1. The highest BCUT2D eigenvalue weighted by Gasteiger charge is 2.22. The molecule has 0 fully saturated rings. The third-order valence-corrected chi connectivity index (χ3v) is 3.63. The summed E-state index contributed by atoms with van der Waals surface area (Å²) in [5.41, 5.74) is 6.01. The minimum absolute atomic E-state index is 0.0307. The fourth-order valence-electron chi connectivity index (χ4n) is 2.23. The zero-order chi connectivity index (χ0) is 15.7. The van der Waals surface area contributed by atoms with Crippen LogP contribution in [-0.4, -0.2) is 0 Å².